The molecule has 90 valence electrons. The molecule has 0 radical (unpaired) electrons. The summed E-state index contributed by atoms with van der Waals surface area (Å²) < 4.78 is 5.52. The van der Waals surface area contributed by atoms with Crippen molar-refractivity contribution in [1.29, 1.82) is 5.26 Å². The first-order chi connectivity index (χ1) is 8.60. The SMILES string of the molecule is Cc1ccc(Oc2ncc(C#N)cc2N)c(Cl)c1. The van der Waals surface area contributed by atoms with E-state index in [9.17, 15) is 0 Å². The van der Waals surface area contributed by atoms with E-state index < -0.39 is 0 Å². The maximum Gasteiger partial charge on any atom is 0.242 e. The predicted molar refractivity (Wildman–Crippen MR) is 69.6 cm³/mol. The number of hydrogen-bond donors (Lipinski definition) is 1. The van der Waals surface area contributed by atoms with Gasteiger partial charge < -0.3 is 10.5 Å². The van der Waals surface area contributed by atoms with Crippen molar-refractivity contribution in [3.05, 3.63) is 46.6 Å². The van der Waals surface area contributed by atoms with E-state index in [-0.39, 0.29) is 5.88 Å². The molecule has 2 aromatic rings. The molecule has 0 unspecified atom stereocenters. The Balaban J connectivity index is 2.32. The lowest BCUT2D eigenvalue weighted by atomic mass is 10.2. The molecule has 0 bridgehead atoms. The number of aryl methyl sites for hydroxylation is 1. The molecular formula is C13H10ClN3O. The predicted octanol–water partition coefficient (Wildman–Crippen LogP) is 3.29. The number of nitrogens with two attached hydrogens (primary N) is 1. The van der Waals surface area contributed by atoms with Gasteiger partial charge in [0.2, 0.25) is 5.88 Å². The molecule has 0 aliphatic carbocycles. The Morgan fingerprint density at radius 1 is 1.39 bits per heavy atom. The minimum Gasteiger partial charge on any atom is -0.436 e. The van der Waals surface area contributed by atoms with Crippen molar-refractivity contribution in [3.63, 3.8) is 0 Å². The average molecular weight is 260 g/mol. The molecule has 2 N–H and O–H groups in total. The number of anilines is 1. The number of aromatic nitrogens is 1. The zero-order valence-electron chi connectivity index (χ0n) is 9.64. The number of halogens is 1. The Morgan fingerprint density at radius 2 is 2.17 bits per heavy atom. The van der Waals surface area contributed by atoms with Crippen molar-refractivity contribution >= 4 is 17.3 Å². The maximum atomic E-state index is 8.71. The number of rotatable bonds is 2. The van der Waals surface area contributed by atoms with E-state index in [1.165, 1.54) is 12.3 Å². The minimum absolute atomic E-state index is 0.236. The van der Waals surface area contributed by atoms with Crippen LogP contribution in [0.1, 0.15) is 11.1 Å². The van der Waals surface area contributed by atoms with E-state index in [2.05, 4.69) is 4.98 Å². The molecule has 0 saturated heterocycles. The molecule has 0 amide bonds. The molecule has 0 saturated carbocycles. The van der Waals surface area contributed by atoms with Crippen LogP contribution < -0.4 is 10.5 Å². The van der Waals surface area contributed by atoms with Gasteiger partial charge in [0, 0.05) is 6.20 Å². The molecule has 5 heteroatoms. The summed E-state index contributed by atoms with van der Waals surface area (Å²) >= 11 is 6.04. The summed E-state index contributed by atoms with van der Waals surface area (Å²) in [5.41, 5.74) is 7.46. The van der Waals surface area contributed by atoms with Crippen LogP contribution >= 0.6 is 11.6 Å². The summed E-state index contributed by atoms with van der Waals surface area (Å²) in [7, 11) is 0. The summed E-state index contributed by atoms with van der Waals surface area (Å²) in [6.45, 7) is 1.93. The third-order valence-corrected chi connectivity index (χ3v) is 2.60. The van der Waals surface area contributed by atoms with Crippen molar-refractivity contribution in [3.8, 4) is 17.7 Å². The molecule has 0 spiro atoms. The second-order valence-electron chi connectivity index (χ2n) is 3.77. The minimum atomic E-state index is 0.236. The molecule has 2 rings (SSSR count). The average Bonchev–Trinajstić information content (AvgIpc) is 2.34. The van der Waals surface area contributed by atoms with Gasteiger partial charge in [-0.2, -0.15) is 5.26 Å². The molecule has 0 atom stereocenters. The van der Waals surface area contributed by atoms with Gasteiger partial charge >= 0.3 is 0 Å². The fourth-order valence-corrected chi connectivity index (χ4v) is 1.68. The zero-order valence-corrected chi connectivity index (χ0v) is 10.4. The van der Waals surface area contributed by atoms with E-state index >= 15 is 0 Å². The fraction of sp³-hybridized carbons (Fsp3) is 0.0769. The monoisotopic (exact) mass is 259 g/mol. The Kier molecular flexibility index (Phi) is 3.35. The van der Waals surface area contributed by atoms with Gasteiger partial charge in [-0.1, -0.05) is 17.7 Å². The highest BCUT2D eigenvalue weighted by molar-refractivity contribution is 6.32. The highest BCUT2D eigenvalue weighted by Gasteiger charge is 2.08. The third kappa shape index (κ3) is 2.53. The lowest BCUT2D eigenvalue weighted by molar-refractivity contribution is 0.465. The smallest absolute Gasteiger partial charge is 0.242 e. The van der Waals surface area contributed by atoms with E-state index in [0.717, 1.165) is 5.56 Å². The van der Waals surface area contributed by atoms with Gasteiger partial charge in [-0.3, -0.25) is 0 Å². The van der Waals surface area contributed by atoms with Crippen LogP contribution in [-0.2, 0) is 0 Å². The Hall–Kier alpha value is -2.25. The molecule has 1 aromatic carbocycles. The zero-order chi connectivity index (χ0) is 13.1. The first-order valence-corrected chi connectivity index (χ1v) is 5.57. The second-order valence-corrected chi connectivity index (χ2v) is 4.17. The van der Waals surface area contributed by atoms with Gasteiger partial charge in [-0.25, -0.2) is 4.98 Å². The molecule has 1 aromatic heterocycles. The first kappa shape index (κ1) is 12.2. The summed E-state index contributed by atoms with van der Waals surface area (Å²) in [5.74, 6) is 0.714. The summed E-state index contributed by atoms with van der Waals surface area (Å²) in [4.78, 5) is 3.98. The highest BCUT2D eigenvalue weighted by atomic mass is 35.5. The molecule has 4 nitrogen and oxygen atoms in total. The lowest BCUT2D eigenvalue weighted by Gasteiger charge is -2.09. The number of nitrogens with zero attached hydrogens (tertiary/aromatic N) is 2. The van der Waals surface area contributed by atoms with E-state index in [0.29, 0.717) is 22.0 Å². The van der Waals surface area contributed by atoms with E-state index in [1.807, 2.05) is 19.1 Å². The van der Waals surface area contributed by atoms with Crippen LogP contribution in [0.3, 0.4) is 0 Å². The van der Waals surface area contributed by atoms with Crippen molar-refractivity contribution in [2.45, 2.75) is 6.92 Å². The highest BCUT2D eigenvalue weighted by Crippen LogP contribution is 2.31. The second kappa shape index (κ2) is 4.94. The number of benzene rings is 1. The van der Waals surface area contributed by atoms with Crippen LogP contribution in [0.2, 0.25) is 5.02 Å². The van der Waals surface area contributed by atoms with E-state index in [4.69, 9.17) is 27.3 Å². The molecule has 0 aliphatic rings. The summed E-state index contributed by atoms with van der Waals surface area (Å²) in [5, 5.41) is 9.20. The van der Waals surface area contributed by atoms with Crippen LogP contribution in [0.5, 0.6) is 11.6 Å². The van der Waals surface area contributed by atoms with Crippen LogP contribution in [0.25, 0.3) is 0 Å². The van der Waals surface area contributed by atoms with Crippen molar-refractivity contribution < 1.29 is 4.74 Å². The summed E-state index contributed by atoms with van der Waals surface area (Å²) in [6.07, 6.45) is 1.40. The van der Waals surface area contributed by atoms with Gasteiger partial charge in [0.25, 0.3) is 0 Å². The first-order valence-electron chi connectivity index (χ1n) is 5.20. The Labute approximate surface area is 110 Å². The normalized spacial score (nSPS) is 9.83. The van der Waals surface area contributed by atoms with Crippen LogP contribution in [0.4, 0.5) is 5.69 Å². The number of nitriles is 1. The Bertz CT molecular complexity index is 635. The maximum absolute atomic E-state index is 8.71. The molecule has 0 fully saturated rings. The van der Waals surface area contributed by atoms with Crippen molar-refractivity contribution in [2.24, 2.45) is 0 Å². The van der Waals surface area contributed by atoms with Gasteiger partial charge in [-0.05, 0) is 30.7 Å². The molecule has 1 heterocycles. The topological polar surface area (TPSA) is 71.9 Å². The standard InChI is InChI=1S/C13H10ClN3O/c1-8-2-3-12(10(14)4-8)18-13-11(16)5-9(6-15)7-17-13/h2-5,7H,16H2,1H3. The van der Waals surface area contributed by atoms with Crippen molar-refractivity contribution in [2.75, 3.05) is 5.73 Å². The lowest BCUT2D eigenvalue weighted by Crippen LogP contribution is -1.96. The molecule has 18 heavy (non-hydrogen) atoms. The van der Waals surface area contributed by atoms with Crippen molar-refractivity contribution in [1.82, 2.24) is 4.98 Å². The van der Waals surface area contributed by atoms with Gasteiger partial charge in [0.05, 0.1) is 16.3 Å². The van der Waals surface area contributed by atoms with Gasteiger partial charge in [0.15, 0.2) is 0 Å². The van der Waals surface area contributed by atoms with Crippen LogP contribution in [0.15, 0.2) is 30.5 Å². The molecule has 0 aliphatic heterocycles. The van der Waals surface area contributed by atoms with Crippen LogP contribution in [0, 0.1) is 18.3 Å². The fourth-order valence-electron chi connectivity index (χ4n) is 1.41. The number of hydrogen-bond acceptors (Lipinski definition) is 4. The number of nitrogen functional groups attached to an aromatic ring is 1. The number of ether oxygens (including phenoxy) is 1. The Morgan fingerprint density at radius 3 is 2.78 bits per heavy atom. The summed E-state index contributed by atoms with van der Waals surface area (Å²) in [6, 6.07) is 8.87. The van der Waals surface area contributed by atoms with E-state index in [1.54, 1.807) is 12.1 Å². The van der Waals surface area contributed by atoms with Gasteiger partial charge in [-0.15, -0.1) is 0 Å². The quantitative estimate of drug-likeness (QED) is 0.898. The number of pyridine rings is 1. The largest absolute Gasteiger partial charge is 0.436 e. The van der Waals surface area contributed by atoms with Crippen LogP contribution in [-0.4, -0.2) is 4.98 Å². The third-order valence-electron chi connectivity index (χ3n) is 2.30. The van der Waals surface area contributed by atoms with Gasteiger partial charge in [0.1, 0.15) is 11.8 Å². The molecular weight excluding hydrogens is 250 g/mol.